The molecule has 0 aliphatic carbocycles. The summed E-state index contributed by atoms with van der Waals surface area (Å²) >= 11 is 5.48. The van der Waals surface area contributed by atoms with Gasteiger partial charge in [0.05, 0.1) is 17.4 Å². The van der Waals surface area contributed by atoms with E-state index in [4.69, 9.17) is 5.11 Å². The van der Waals surface area contributed by atoms with Crippen molar-refractivity contribution in [3.63, 3.8) is 0 Å². The Hall–Kier alpha value is -0.430. The molecule has 1 rings (SSSR count). The molecule has 0 radical (unpaired) electrons. The number of nitrogens with one attached hydrogen (secondary N) is 1. The van der Waals surface area contributed by atoms with Crippen LogP contribution >= 0.6 is 24.6 Å². The Morgan fingerprint density at radius 1 is 1.60 bits per heavy atom. The van der Waals surface area contributed by atoms with Crippen molar-refractivity contribution in [2.45, 2.75) is 20.1 Å². The molecule has 3 N–H and O–H groups in total. The van der Waals surface area contributed by atoms with Gasteiger partial charge in [0.1, 0.15) is 5.75 Å². The Morgan fingerprint density at radius 2 is 2.33 bits per heavy atom. The van der Waals surface area contributed by atoms with E-state index < -0.39 is 0 Å². The zero-order valence-electron chi connectivity index (χ0n) is 8.40. The van der Waals surface area contributed by atoms with Gasteiger partial charge in [0, 0.05) is 23.9 Å². The van der Waals surface area contributed by atoms with Crippen LogP contribution in [0.3, 0.4) is 0 Å². The molecule has 0 amide bonds. The van der Waals surface area contributed by atoms with Gasteiger partial charge < -0.3 is 10.2 Å². The number of pyridine rings is 1. The van der Waals surface area contributed by atoms with E-state index in [1.807, 2.05) is 0 Å². The number of thiol groups is 1. The quantitative estimate of drug-likeness (QED) is 0.272. The van der Waals surface area contributed by atoms with Crippen LogP contribution in [0, 0.1) is 6.92 Å². The minimum absolute atomic E-state index is 0.122. The predicted octanol–water partition coefficient (Wildman–Crippen LogP) is 1.21. The molecule has 0 saturated carbocycles. The van der Waals surface area contributed by atoms with Crippen LogP contribution in [-0.4, -0.2) is 20.3 Å². The van der Waals surface area contributed by atoms with Gasteiger partial charge in [0.2, 0.25) is 0 Å². The summed E-state index contributed by atoms with van der Waals surface area (Å²) in [5.41, 5.74) is 1.91. The van der Waals surface area contributed by atoms with Gasteiger partial charge in [-0.2, -0.15) is 12.6 Å². The maximum Gasteiger partial charge on any atom is 0.141 e. The fourth-order valence-electron chi connectivity index (χ4n) is 1.19. The Morgan fingerprint density at radius 3 is 2.93 bits per heavy atom. The highest BCUT2D eigenvalue weighted by atomic mass is 32.2. The van der Waals surface area contributed by atoms with Crippen LogP contribution in [0.15, 0.2) is 6.20 Å². The van der Waals surface area contributed by atoms with E-state index >= 15 is 0 Å². The Kier molecular flexibility index (Phi) is 5.24. The predicted molar refractivity (Wildman–Crippen MR) is 64.8 cm³/mol. The van der Waals surface area contributed by atoms with E-state index in [1.165, 1.54) is 11.9 Å². The van der Waals surface area contributed by atoms with E-state index in [2.05, 4.69) is 22.3 Å². The molecular formula is C9H14N2O2S2. The number of aliphatic hydroxyl groups is 1. The highest BCUT2D eigenvalue weighted by Gasteiger charge is 2.10. The minimum atomic E-state index is -0.122. The first-order valence-corrected chi connectivity index (χ1v) is 6.05. The monoisotopic (exact) mass is 246 g/mol. The molecule has 1 aromatic heterocycles. The SMILES string of the molecule is Cc1ncc(CO)c(CNSCS)c1O. The first-order chi connectivity index (χ1) is 7.20. The number of hydrogen-bond donors (Lipinski definition) is 4. The molecule has 0 saturated heterocycles. The lowest BCUT2D eigenvalue weighted by atomic mass is 10.1. The molecule has 0 atom stereocenters. The van der Waals surface area contributed by atoms with Gasteiger partial charge in [-0.05, 0) is 6.92 Å². The molecule has 1 aromatic rings. The van der Waals surface area contributed by atoms with Crippen molar-refractivity contribution in [1.82, 2.24) is 9.71 Å². The molecule has 6 heteroatoms. The van der Waals surface area contributed by atoms with Crippen LogP contribution in [0.2, 0.25) is 0 Å². The summed E-state index contributed by atoms with van der Waals surface area (Å²) in [6, 6.07) is 0. The van der Waals surface area contributed by atoms with Crippen LogP contribution in [0.4, 0.5) is 0 Å². The summed E-state index contributed by atoms with van der Waals surface area (Å²) in [7, 11) is 0. The van der Waals surface area contributed by atoms with E-state index in [0.717, 1.165) is 0 Å². The first kappa shape index (κ1) is 12.6. The number of aromatic hydroxyl groups is 1. The van der Waals surface area contributed by atoms with Crippen LogP contribution in [0.1, 0.15) is 16.8 Å². The van der Waals surface area contributed by atoms with Crippen molar-refractivity contribution in [3.05, 3.63) is 23.0 Å². The number of aliphatic hydroxyl groups excluding tert-OH is 1. The molecule has 0 spiro atoms. The highest BCUT2D eigenvalue weighted by molar-refractivity contribution is 8.07. The van der Waals surface area contributed by atoms with E-state index in [1.54, 1.807) is 13.1 Å². The van der Waals surface area contributed by atoms with E-state index in [9.17, 15) is 5.11 Å². The van der Waals surface area contributed by atoms with Crippen LogP contribution in [0.25, 0.3) is 0 Å². The normalized spacial score (nSPS) is 10.6. The minimum Gasteiger partial charge on any atom is -0.506 e. The number of aryl methyl sites for hydroxylation is 1. The van der Waals surface area contributed by atoms with Crippen molar-refractivity contribution < 1.29 is 10.2 Å². The molecule has 0 aliphatic rings. The van der Waals surface area contributed by atoms with Gasteiger partial charge in [0.25, 0.3) is 0 Å². The van der Waals surface area contributed by atoms with Gasteiger partial charge in [0.15, 0.2) is 0 Å². The lowest BCUT2D eigenvalue weighted by Gasteiger charge is -2.11. The molecule has 15 heavy (non-hydrogen) atoms. The van der Waals surface area contributed by atoms with Crippen LogP contribution in [-0.2, 0) is 13.2 Å². The largest absolute Gasteiger partial charge is 0.506 e. The Labute approximate surface area is 98.7 Å². The summed E-state index contributed by atoms with van der Waals surface area (Å²) in [5, 5.41) is 19.5. The molecule has 1 heterocycles. The third-order valence-electron chi connectivity index (χ3n) is 2.02. The lowest BCUT2D eigenvalue weighted by Crippen LogP contribution is -2.08. The fourth-order valence-corrected chi connectivity index (χ4v) is 1.80. The van der Waals surface area contributed by atoms with Gasteiger partial charge in [-0.3, -0.25) is 9.71 Å². The van der Waals surface area contributed by atoms with Gasteiger partial charge in [-0.15, -0.1) is 0 Å². The summed E-state index contributed by atoms with van der Waals surface area (Å²) < 4.78 is 3.04. The summed E-state index contributed by atoms with van der Waals surface area (Å²) in [6.07, 6.45) is 1.58. The standard InChI is InChI=1S/C9H14N2O2S2/c1-6-9(13)8(3-11-15-5-14)7(4-12)2-10-6/h2,11-14H,3-5H2,1H3. The average molecular weight is 246 g/mol. The Bertz CT molecular complexity index is 334. The molecule has 0 aliphatic heterocycles. The molecule has 0 unspecified atom stereocenters. The van der Waals surface area contributed by atoms with Gasteiger partial charge in [-0.25, -0.2) is 0 Å². The van der Waals surface area contributed by atoms with Crippen LogP contribution in [0.5, 0.6) is 5.75 Å². The number of nitrogens with zero attached hydrogens (tertiary/aromatic N) is 1. The zero-order chi connectivity index (χ0) is 11.3. The number of rotatable bonds is 5. The molecule has 84 valence electrons. The number of aromatic nitrogens is 1. The average Bonchev–Trinajstić information content (AvgIpc) is 2.25. The van der Waals surface area contributed by atoms with Crippen molar-refractivity contribution in [2.75, 3.05) is 5.08 Å². The van der Waals surface area contributed by atoms with Crippen molar-refractivity contribution in [1.29, 1.82) is 0 Å². The zero-order valence-corrected chi connectivity index (χ0v) is 10.1. The third-order valence-corrected chi connectivity index (χ3v) is 2.88. The van der Waals surface area contributed by atoms with Crippen molar-refractivity contribution in [3.8, 4) is 5.75 Å². The second kappa shape index (κ2) is 6.22. The Balaban J connectivity index is 2.86. The molecule has 0 bridgehead atoms. The third kappa shape index (κ3) is 3.27. The summed E-state index contributed by atoms with van der Waals surface area (Å²) in [5.74, 6) is 0.147. The lowest BCUT2D eigenvalue weighted by molar-refractivity contribution is 0.279. The first-order valence-electron chi connectivity index (χ1n) is 4.43. The van der Waals surface area contributed by atoms with Crippen molar-refractivity contribution in [2.24, 2.45) is 0 Å². The molecule has 0 fully saturated rings. The highest BCUT2D eigenvalue weighted by Crippen LogP contribution is 2.24. The van der Waals surface area contributed by atoms with Gasteiger partial charge >= 0.3 is 0 Å². The number of hydrogen-bond acceptors (Lipinski definition) is 6. The maximum absolute atomic E-state index is 9.77. The second-order valence-electron chi connectivity index (χ2n) is 2.95. The smallest absolute Gasteiger partial charge is 0.141 e. The summed E-state index contributed by atoms with van der Waals surface area (Å²) in [4.78, 5) is 3.98. The van der Waals surface area contributed by atoms with Crippen LogP contribution < -0.4 is 4.72 Å². The molecule has 0 aromatic carbocycles. The second-order valence-corrected chi connectivity index (χ2v) is 4.56. The summed E-state index contributed by atoms with van der Waals surface area (Å²) in [6.45, 7) is 2.09. The maximum atomic E-state index is 9.77. The van der Waals surface area contributed by atoms with Gasteiger partial charge in [-0.1, -0.05) is 11.9 Å². The topological polar surface area (TPSA) is 65.4 Å². The van der Waals surface area contributed by atoms with Crippen molar-refractivity contribution >= 4 is 24.6 Å². The fraction of sp³-hybridized carbons (Fsp3) is 0.444. The van der Waals surface area contributed by atoms with E-state index in [-0.39, 0.29) is 12.4 Å². The molecule has 4 nitrogen and oxygen atoms in total. The molecular weight excluding hydrogens is 232 g/mol. The van der Waals surface area contributed by atoms with E-state index in [0.29, 0.717) is 28.5 Å².